The molecule has 2 fully saturated rings. The number of para-hydroxylation sites is 1. The molecule has 1 unspecified atom stereocenters. The summed E-state index contributed by atoms with van der Waals surface area (Å²) >= 11 is 0. The van der Waals surface area contributed by atoms with Crippen LogP contribution >= 0.6 is 24.0 Å². The molecule has 1 aromatic heterocycles. The summed E-state index contributed by atoms with van der Waals surface area (Å²) in [5, 5.41) is 8.22. The molecule has 2 aromatic rings. The molecule has 1 aliphatic carbocycles. The molecule has 5 nitrogen and oxygen atoms in total. The van der Waals surface area contributed by atoms with Gasteiger partial charge < -0.3 is 20.1 Å². The number of hydrogen-bond donors (Lipinski definition) is 2. The molecule has 0 bridgehead atoms. The van der Waals surface area contributed by atoms with Gasteiger partial charge in [0.15, 0.2) is 5.96 Å². The first kappa shape index (κ1) is 21.4. The summed E-state index contributed by atoms with van der Waals surface area (Å²) in [7, 11) is 0. The number of hydrogen-bond acceptors (Lipinski definition) is 2. The number of nitrogens with zero attached hydrogens (tertiary/aromatic N) is 3. The van der Waals surface area contributed by atoms with Gasteiger partial charge >= 0.3 is 0 Å². The number of rotatable bonds is 8. The summed E-state index contributed by atoms with van der Waals surface area (Å²) < 4.78 is 2.34. The van der Waals surface area contributed by atoms with E-state index in [1.165, 1.54) is 43.3 Å². The van der Waals surface area contributed by atoms with Gasteiger partial charge in [0.1, 0.15) is 0 Å². The molecule has 2 aliphatic rings. The van der Waals surface area contributed by atoms with Crippen molar-refractivity contribution >= 4 is 40.8 Å². The second kappa shape index (κ2) is 10.5. The Labute approximate surface area is 186 Å². The van der Waals surface area contributed by atoms with Crippen LogP contribution in [0, 0.1) is 5.92 Å². The molecule has 4 rings (SSSR count). The summed E-state index contributed by atoms with van der Waals surface area (Å²) in [6.07, 6.45) is 7.41. The third-order valence-electron chi connectivity index (χ3n) is 5.78. The second-order valence-corrected chi connectivity index (χ2v) is 7.95. The maximum absolute atomic E-state index is 4.86. The normalized spacial score (nSPS) is 20.3. The third-order valence-corrected chi connectivity index (χ3v) is 5.78. The van der Waals surface area contributed by atoms with Gasteiger partial charge in [0, 0.05) is 50.5 Å². The van der Waals surface area contributed by atoms with Crippen LogP contribution < -0.4 is 10.6 Å². The van der Waals surface area contributed by atoms with E-state index in [1.807, 2.05) is 0 Å². The van der Waals surface area contributed by atoms with Crippen molar-refractivity contribution in [3.63, 3.8) is 0 Å². The Balaban J connectivity index is 0.00000225. The number of aryl methyl sites for hydroxylation is 1. The first-order chi connectivity index (χ1) is 13.3. The number of likely N-dealkylation sites (tertiary alicyclic amines) is 1. The highest BCUT2D eigenvalue weighted by Crippen LogP contribution is 2.31. The Morgan fingerprint density at radius 3 is 2.82 bits per heavy atom. The lowest BCUT2D eigenvalue weighted by molar-refractivity contribution is 0.315. The van der Waals surface area contributed by atoms with Gasteiger partial charge in [0.05, 0.1) is 0 Å². The fourth-order valence-electron chi connectivity index (χ4n) is 4.14. The highest BCUT2D eigenvalue weighted by atomic mass is 127. The molecule has 0 radical (unpaired) electrons. The standard InChI is InChI=1S/C22H33N5.HI/c1-2-23-22(25-16-18-10-14-27(17-18)20-8-9-20)24-12-5-13-26-15-11-19-6-3-4-7-21(19)26;/h3-4,6-7,11,15,18,20H,2,5,8-10,12-14,16-17H2,1H3,(H2,23,24,25);1H. The first-order valence-corrected chi connectivity index (χ1v) is 10.6. The van der Waals surface area contributed by atoms with Crippen LogP contribution in [0.1, 0.15) is 32.6 Å². The molecule has 1 saturated carbocycles. The van der Waals surface area contributed by atoms with Gasteiger partial charge in [0.25, 0.3) is 0 Å². The number of aromatic nitrogens is 1. The zero-order valence-electron chi connectivity index (χ0n) is 16.9. The van der Waals surface area contributed by atoms with Crippen molar-refractivity contribution in [3.8, 4) is 0 Å². The van der Waals surface area contributed by atoms with Gasteiger partial charge in [-0.15, -0.1) is 24.0 Å². The molecular formula is C22H34IN5. The fraction of sp³-hybridized carbons (Fsp3) is 0.591. The third kappa shape index (κ3) is 5.63. The SMILES string of the molecule is CCNC(=NCC1CCN(C2CC2)C1)NCCCn1ccc2ccccc21.I. The first-order valence-electron chi connectivity index (χ1n) is 10.6. The average Bonchev–Trinajstić information content (AvgIpc) is 3.29. The molecule has 154 valence electrons. The van der Waals surface area contributed by atoms with E-state index in [0.29, 0.717) is 0 Å². The van der Waals surface area contributed by atoms with Crippen molar-refractivity contribution in [1.82, 2.24) is 20.1 Å². The summed E-state index contributed by atoms with van der Waals surface area (Å²) in [5.74, 6) is 1.70. The predicted molar refractivity (Wildman–Crippen MR) is 129 cm³/mol. The summed E-state index contributed by atoms with van der Waals surface area (Å²) in [6.45, 7) is 8.48. The van der Waals surface area contributed by atoms with Gasteiger partial charge in [-0.1, -0.05) is 18.2 Å². The lowest BCUT2D eigenvalue weighted by Gasteiger charge is -2.15. The highest BCUT2D eigenvalue weighted by Gasteiger charge is 2.34. The van der Waals surface area contributed by atoms with E-state index >= 15 is 0 Å². The molecule has 0 amide bonds. The van der Waals surface area contributed by atoms with E-state index < -0.39 is 0 Å². The van der Waals surface area contributed by atoms with Crippen LogP contribution in [0.2, 0.25) is 0 Å². The maximum Gasteiger partial charge on any atom is 0.191 e. The molecule has 6 heteroatoms. The minimum Gasteiger partial charge on any atom is -0.357 e. The van der Waals surface area contributed by atoms with Gasteiger partial charge in [0.2, 0.25) is 0 Å². The molecule has 1 aromatic carbocycles. The number of nitrogens with one attached hydrogen (secondary N) is 2. The van der Waals surface area contributed by atoms with Crippen LogP contribution in [0.15, 0.2) is 41.5 Å². The molecule has 1 atom stereocenters. The van der Waals surface area contributed by atoms with Crippen LogP contribution in [0.3, 0.4) is 0 Å². The van der Waals surface area contributed by atoms with Crippen molar-refractivity contribution in [1.29, 1.82) is 0 Å². The van der Waals surface area contributed by atoms with Crippen molar-refractivity contribution in [2.45, 2.75) is 45.2 Å². The topological polar surface area (TPSA) is 44.6 Å². The summed E-state index contributed by atoms with van der Waals surface area (Å²) in [6, 6.07) is 11.7. The van der Waals surface area contributed by atoms with Crippen LogP contribution in [-0.4, -0.2) is 54.2 Å². The van der Waals surface area contributed by atoms with Crippen LogP contribution in [0.25, 0.3) is 10.9 Å². The smallest absolute Gasteiger partial charge is 0.191 e. The number of fused-ring (bicyclic) bond motifs is 1. The van der Waals surface area contributed by atoms with Crippen LogP contribution in [0.4, 0.5) is 0 Å². The Bertz CT molecular complexity index is 767. The van der Waals surface area contributed by atoms with Crippen molar-refractivity contribution < 1.29 is 0 Å². The number of benzene rings is 1. The molecule has 0 spiro atoms. The Hall–Kier alpha value is -1.28. The van der Waals surface area contributed by atoms with E-state index in [9.17, 15) is 0 Å². The van der Waals surface area contributed by atoms with Crippen molar-refractivity contribution in [3.05, 3.63) is 36.5 Å². The molecule has 28 heavy (non-hydrogen) atoms. The molecule has 1 aliphatic heterocycles. The van der Waals surface area contributed by atoms with Crippen LogP contribution in [0.5, 0.6) is 0 Å². The predicted octanol–water partition coefficient (Wildman–Crippen LogP) is 3.69. The highest BCUT2D eigenvalue weighted by molar-refractivity contribution is 14.0. The number of aliphatic imine (C=N–C) groups is 1. The minimum absolute atomic E-state index is 0. The largest absolute Gasteiger partial charge is 0.357 e. The quantitative estimate of drug-likeness (QED) is 0.254. The zero-order valence-corrected chi connectivity index (χ0v) is 19.3. The van der Waals surface area contributed by atoms with Crippen molar-refractivity contribution in [2.24, 2.45) is 10.9 Å². The number of halogens is 1. The Kier molecular flexibility index (Phi) is 8.02. The minimum atomic E-state index is 0. The number of guanidine groups is 1. The molecule has 1 saturated heterocycles. The van der Waals surface area contributed by atoms with Gasteiger partial charge in [-0.05, 0) is 62.6 Å². The van der Waals surface area contributed by atoms with E-state index in [-0.39, 0.29) is 24.0 Å². The Morgan fingerprint density at radius 2 is 2.00 bits per heavy atom. The summed E-state index contributed by atoms with van der Waals surface area (Å²) in [4.78, 5) is 7.52. The Morgan fingerprint density at radius 1 is 1.14 bits per heavy atom. The van der Waals surface area contributed by atoms with E-state index in [2.05, 4.69) is 63.6 Å². The summed E-state index contributed by atoms with van der Waals surface area (Å²) in [5.41, 5.74) is 1.32. The molecule has 2 heterocycles. The lowest BCUT2D eigenvalue weighted by Crippen LogP contribution is -2.38. The van der Waals surface area contributed by atoms with E-state index in [0.717, 1.165) is 50.5 Å². The van der Waals surface area contributed by atoms with Crippen LogP contribution in [-0.2, 0) is 6.54 Å². The molecular weight excluding hydrogens is 461 g/mol. The average molecular weight is 495 g/mol. The lowest BCUT2D eigenvalue weighted by atomic mass is 10.1. The monoisotopic (exact) mass is 495 g/mol. The van der Waals surface area contributed by atoms with E-state index in [1.54, 1.807) is 0 Å². The second-order valence-electron chi connectivity index (χ2n) is 7.95. The molecule has 2 N–H and O–H groups in total. The van der Waals surface area contributed by atoms with E-state index in [4.69, 9.17) is 4.99 Å². The zero-order chi connectivity index (χ0) is 18.5. The maximum atomic E-state index is 4.86. The van der Waals surface area contributed by atoms with Gasteiger partial charge in [-0.2, -0.15) is 0 Å². The fourth-order valence-corrected chi connectivity index (χ4v) is 4.14. The van der Waals surface area contributed by atoms with Gasteiger partial charge in [-0.3, -0.25) is 4.99 Å². The van der Waals surface area contributed by atoms with Gasteiger partial charge in [-0.25, -0.2) is 0 Å². The van der Waals surface area contributed by atoms with Crippen molar-refractivity contribution in [2.75, 3.05) is 32.7 Å².